The topological polar surface area (TPSA) is 102 Å². The first-order valence-electron chi connectivity index (χ1n) is 3.59. The molecule has 0 radical (unpaired) electrons. The van der Waals surface area contributed by atoms with Gasteiger partial charge in [-0.15, -0.1) is 0 Å². The Morgan fingerprint density at radius 3 is 2.17 bits per heavy atom. The molecule has 0 aliphatic heterocycles. The van der Waals surface area contributed by atoms with E-state index in [1.54, 1.807) is 20.8 Å². The molecule has 0 rings (SSSR count). The van der Waals surface area contributed by atoms with Crippen LogP contribution in [-0.4, -0.2) is 17.5 Å². The van der Waals surface area contributed by atoms with Crippen LogP contribution >= 0.6 is 0 Å². The van der Waals surface area contributed by atoms with Gasteiger partial charge in [-0.05, 0) is 13.8 Å². The summed E-state index contributed by atoms with van der Waals surface area (Å²) in [5, 5.41) is 7.15. The van der Waals surface area contributed by atoms with E-state index in [-0.39, 0.29) is 11.8 Å². The number of amides is 1. The lowest BCUT2D eigenvalue weighted by Gasteiger charge is -2.29. The Bertz CT molecular complexity index is 201. The first-order chi connectivity index (χ1) is 5.27. The zero-order chi connectivity index (χ0) is 9.94. The molecular formula is C7H15N3O2. The average molecular weight is 173 g/mol. The SMILES string of the molecule is CC(C(=N)N)C(C)(C)OC(N)=O. The second-order valence-electron chi connectivity index (χ2n) is 3.20. The van der Waals surface area contributed by atoms with Gasteiger partial charge >= 0.3 is 6.09 Å². The van der Waals surface area contributed by atoms with E-state index in [0.717, 1.165) is 0 Å². The van der Waals surface area contributed by atoms with Crippen molar-refractivity contribution in [1.82, 2.24) is 0 Å². The summed E-state index contributed by atoms with van der Waals surface area (Å²) in [7, 11) is 0. The number of hydrogen-bond donors (Lipinski definition) is 3. The van der Waals surface area contributed by atoms with Crippen molar-refractivity contribution in [2.75, 3.05) is 0 Å². The number of rotatable bonds is 3. The third-order valence-corrected chi connectivity index (χ3v) is 1.87. The Morgan fingerprint density at radius 1 is 1.50 bits per heavy atom. The molecule has 0 aromatic rings. The number of carbonyl (C=O) groups excluding carboxylic acids is 1. The molecule has 0 aromatic heterocycles. The first-order valence-corrected chi connectivity index (χ1v) is 3.59. The maximum atomic E-state index is 10.4. The number of nitrogens with one attached hydrogen (secondary N) is 1. The van der Waals surface area contributed by atoms with Crippen LogP contribution in [0.3, 0.4) is 0 Å². The van der Waals surface area contributed by atoms with Crippen molar-refractivity contribution < 1.29 is 9.53 Å². The fraction of sp³-hybridized carbons (Fsp3) is 0.714. The van der Waals surface area contributed by atoms with Crippen LogP contribution in [0.2, 0.25) is 0 Å². The van der Waals surface area contributed by atoms with Crippen LogP contribution in [0.15, 0.2) is 0 Å². The Labute approximate surface area is 71.6 Å². The maximum absolute atomic E-state index is 10.4. The molecule has 0 spiro atoms. The highest BCUT2D eigenvalue weighted by atomic mass is 16.6. The molecule has 0 heterocycles. The molecular weight excluding hydrogens is 158 g/mol. The van der Waals surface area contributed by atoms with Crippen LogP contribution in [0.4, 0.5) is 4.79 Å². The van der Waals surface area contributed by atoms with Crippen LogP contribution in [0, 0.1) is 11.3 Å². The van der Waals surface area contributed by atoms with Crippen molar-refractivity contribution in [3.8, 4) is 0 Å². The van der Waals surface area contributed by atoms with Crippen LogP contribution in [-0.2, 0) is 4.74 Å². The van der Waals surface area contributed by atoms with E-state index in [4.69, 9.17) is 21.6 Å². The highest BCUT2D eigenvalue weighted by molar-refractivity contribution is 5.80. The van der Waals surface area contributed by atoms with Crippen molar-refractivity contribution in [1.29, 1.82) is 5.41 Å². The van der Waals surface area contributed by atoms with Crippen molar-refractivity contribution in [3.05, 3.63) is 0 Å². The molecule has 0 aliphatic rings. The Morgan fingerprint density at radius 2 is 1.92 bits per heavy atom. The predicted molar refractivity (Wildman–Crippen MR) is 45.8 cm³/mol. The number of amidine groups is 1. The van der Waals surface area contributed by atoms with Gasteiger partial charge in [0.1, 0.15) is 5.60 Å². The molecule has 5 nitrogen and oxygen atoms in total. The summed E-state index contributed by atoms with van der Waals surface area (Å²) in [6.45, 7) is 5.01. The molecule has 5 N–H and O–H groups in total. The second kappa shape index (κ2) is 3.42. The lowest BCUT2D eigenvalue weighted by Crippen LogP contribution is -2.43. The van der Waals surface area contributed by atoms with Crippen molar-refractivity contribution in [2.45, 2.75) is 26.4 Å². The van der Waals surface area contributed by atoms with Gasteiger partial charge in [0.25, 0.3) is 0 Å². The molecule has 0 bridgehead atoms. The van der Waals surface area contributed by atoms with E-state index in [0.29, 0.717) is 0 Å². The van der Waals surface area contributed by atoms with Gasteiger partial charge in [-0.25, -0.2) is 4.79 Å². The standard InChI is InChI=1S/C7H15N3O2/c1-4(5(8)9)7(2,3)12-6(10)11/h4H,1-3H3,(H3,8,9)(H2,10,11). The van der Waals surface area contributed by atoms with Gasteiger partial charge in [0.15, 0.2) is 0 Å². The molecule has 1 amide bonds. The third-order valence-electron chi connectivity index (χ3n) is 1.87. The Kier molecular flexibility index (Phi) is 3.06. The number of nitrogens with two attached hydrogens (primary N) is 2. The lowest BCUT2D eigenvalue weighted by atomic mass is 9.92. The molecule has 0 aliphatic carbocycles. The monoisotopic (exact) mass is 173 g/mol. The van der Waals surface area contributed by atoms with E-state index in [9.17, 15) is 4.79 Å². The second-order valence-corrected chi connectivity index (χ2v) is 3.20. The Balaban J connectivity index is 4.38. The van der Waals surface area contributed by atoms with Gasteiger partial charge in [0, 0.05) is 0 Å². The van der Waals surface area contributed by atoms with E-state index in [1.165, 1.54) is 0 Å². The summed E-state index contributed by atoms with van der Waals surface area (Å²) in [5.74, 6) is -0.369. The lowest BCUT2D eigenvalue weighted by molar-refractivity contribution is 0.0242. The van der Waals surface area contributed by atoms with Gasteiger partial charge < -0.3 is 16.2 Å². The molecule has 0 saturated heterocycles. The average Bonchev–Trinajstić information content (AvgIpc) is 1.82. The van der Waals surface area contributed by atoms with Crippen LogP contribution in [0.5, 0.6) is 0 Å². The van der Waals surface area contributed by atoms with Gasteiger partial charge in [-0.1, -0.05) is 6.92 Å². The highest BCUT2D eigenvalue weighted by Gasteiger charge is 2.31. The minimum Gasteiger partial charge on any atom is -0.443 e. The largest absolute Gasteiger partial charge is 0.443 e. The quantitative estimate of drug-likeness (QED) is 0.426. The van der Waals surface area contributed by atoms with E-state index in [2.05, 4.69) is 0 Å². The molecule has 0 aromatic carbocycles. The predicted octanol–water partition coefficient (Wildman–Crippen LogP) is 0.432. The summed E-state index contributed by atoms with van der Waals surface area (Å²) in [4.78, 5) is 10.4. The number of ether oxygens (including phenoxy) is 1. The van der Waals surface area contributed by atoms with Crippen LogP contribution < -0.4 is 11.5 Å². The maximum Gasteiger partial charge on any atom is 0.405 e. The summed E-state index contributed by atoms with van der Waals surface area (Å²) < 4.78 is 4.78. The summed E-state index contributed by atoms with van der Waals surface area (Å²) in [6, 6.07) is 0. The van der Waals surface area contributed by atoms with Crippen molar-refractivity contribution >= 4 is 11.9 Å². The summed E-state index contributed by atoms with van der Waals surface area (Å²) in [5.41, 5.74) is 9.27. The molecule has 5 heteroatoms. The van der Waals surface area contributed by atoms with Gasteiger partial charge in [0.05, 0.1) is 11.8 Å². The van der Waals surface area contributed by atoms with Crippen LogP contribution in [0.1, 0.15) is 20.8 Å². The smallest absolute Gasteiger partial charge is 0.405 e. The fourth-order valence-corrected chi connectivity index (χ4v) is 0.722. The summed E-state index contributed by atoms with van der Waals surface area (Å²) >= 11 is 0. The van der Waals surface area contributed by atoms with Gasteiger partial charge in [0.2, 0.25) is 0 Å². The normalized spacial score (nSPS) is 13.6. The number of primary amides is 1. The van der Waals surface area contributed by atoms with E-state index >= 15 is 0 Å². The minimum atomic E-state index is -0.854. The first kappa shape index (κ1) is 10.7. The highest BCUT2D eigenvalue weighted by Crippen LogP contribution is 2.20. The third kappa shape index (κ3) is 2.77. The zero-order valence-electron chi connectivity index (χ0n) is 7.55. The van der Waals surface area contributed by atoms with Gasteiger partial charge in [-0.2, -0.15) is 0 Å². The van der Waals surface area contributed by atoms with Crippen LogP contribution in [0.25, 0.3) is 0 Å². The molecule has 1 unspecified atom stereocenters. The molecule has 1 atom stereocenters. The zero-order valence-corrected chi connectivity index (χ0v) is 7.55. The fourth-order valence-electron chi connectivity index (χ4n) is 0.722. The number of hydrogen-bond acceptors (Lipinski definition) is 3. The van der Waals surface area contributed by atoms with E-state index in [1.807, 2.05) is 0 Å². The molecule has 12 heavy (non-hydrogen) atoms. The Hall–Kier alpha value is -1.26. The van der Waals surface area contributed by atoms with Crippen molar-refractivity contribution in [2.24, 2.45) is 17.4 Å². The minimum absolute atomic E-state index is 0.0266. The van der Waals surface area contributed by atoms with Crippen molar-refractivity contribution in [3.63, 3.8) is 0 Å². The van der Waals surface area contributed by atoms with Gasteiger partial charge in [-0.3, -0.25) is 5.41 Å². The molecule has 0 saturated carbocycles. The number of carbonyl (C=O) groups is 1. The summed E-state index contributed by atoms with van der Waals surface area (Å²) in [6.07, 6.45) is -0.854. The van der Waals surface area contributed by atoms with E-state index < -0.39 is 11.7 Å². The molecule has 0 fully saturated rings. The molecule has 70 valence electrons.